The van der Waals surface area contributed by atoms with Crippen LogP contribution < -0.4 is 14.8 Å². The number of hydrogen-bond donors (Lipinski definition) is 2. The van der Waals surface area contributed by atoms with Crippen LogP contribution in [0.15, 0.2) is 18.2 Å². The molecule has 1 aromatic carbocycles. The van der Waals surface area contributed by atoms with Crippen LogP contribution in [0.4, 0.5) is 0 Å². The molecule has 1 amide bonds. The topological polar surface area (TPSA) is 84.9 Å². The largest absolute Gasteiger partial charge is 0.493 e. The first-order valence-corrected chi connectivity index (χ1v) is 7.98. The summed E-state index contributed by atoms with van der Waals surface area (Å²) in [5.74, 6) is -0.155. The van der Waals surface area contributed by atoms with E-state index in [0.29, 0.717) is 17.1 Å². The summed E-state index contributed by atoms with van der Waals surface area (Å²) in [4.78, 5) is 23.1. The van der Waals surface area contributed by atoms with Crippen molar-refractivity contribution in [1.29, 1.82) is 0 Å². The van der Waals surface area contributed by atoms with Crippen LogP contribution in [0.3, 0.4) is 0 Å². The summed E-state index contributed by atoms with van der Waals surface area (Å²) in [7, 11) is 3.02. The lowest BCUT2D eigenvalue weighted by Crippen LogP contribution is -2.35. The van der Waals surface area contributed by atoms with Crippen LogP contribution in [0.25, 0.3) is 0 Å². The molecule has 0 spiro atoms. The Morgan fingerprint density at radius 1 is 1.27 bits per heavy atom. The second-order valence-corrected chi connectivity index (χ2v) is 5.83. The van der Waals surface area contributed by atoms with Crippen LogP contribution in [0, 0.1) is 0 Å². The number of methoxy groups -OCH3 is 2. The number of aliphatic carboxylic acids is 1. The van der Waals surface area contributed by atoms with Crippen molar-refractivity contribution in [3.05, 3.63) is 23.8 Å². The van der Waals surface area contributed by atoms with Crippen molar-refractivity contribution >= 4 is 23.6 Å². The van der Waals surface area contributed by atoms with Gasteiger partial charge in [0, 0.05) is 0 Å². The number of benzene rings is 1. The Bertz CT molecular complexity index is 535. The summed E-state index contributed by atoms with van der Waals surface area (Å²) >= 11 is 1.40. The number of thioether (sulfide) groups is 1. The van der Waals surface area contributed by atoms with Crippen LogP contribution in [-0.2, 0) is 9.59 Å². The molecule has 2 atom stereocenters. The molecule has 1 rings (SSSR count). The Balaban J connectivity index is 3.06. The first-order valence-electron chi connectivity index (χ1n) is 6.69. The Kier molecular flexibility index (Phi) is 7.04. The molecule has 0 heterocycles. The average Bonchev–Trinajstić information content (AvgIpc) is 2.52. The molecule has 22 heavy (non-hydrogen) atoms. The van der Waals surface area contributed by atoms with Gasteiger partial charge in [0.1, 0.15) is 0 Å². The summed E-state index contributed by atoms with van der Waals surface area (Å²) in [5, 5.41) is 11.6. The number of amides is 1. The second kappa shape index (κ2) is 8.53. The fourth-order valence-electron chi connectivity index (χ4n) is 1.89. The fraction of sp³-hybridized carbons (Fsp3) is 0.467. The lowest BCUT2D eigenvalue weighted by atomic mass is 10.0. The number of hydrogen-bond acceptors (Lipinski definition) is 5. The fourth-order valence-corrected chi connectivity index (χ4v) is 2.17. The third-order valence-electron chi connectivity index (χ3n) is 3.23. The molecule has 0 aromatic heterocycles. The lowest BCUT2D eigenvalue weighted by Gasteiger charge is -2.20. The molecule has 2 N–H and O–H groups in total. The highest BCUT2D eigenvalue weighted by molar-refractivity contribution is 7.99. The summed E-state index contributed by atoms with van der Waals surface area (Å²) in [6.07, 6.45) is 1.62. The van der Waals surface area contributed by atoms with E-state index in [0.717, 1.165) is 0 Å². The normalized spacial score (nSPS) is 13.1. The van der Waals surface area contributed by atoms with Crippen molar-refractivity contribution in [2.24, 2.45) is 0 Å². The zero-order valence-electron chi connectivity index (χ0n) is 13.1. The second-order valence-electron chi connectivity index (χ2n) is 4.65. The van der Waals surface area contributed by atoms with E-state index in [1.54, 1.807) is 25.1 Å². The van der Waals surface area contributed by atoms with Gasteiger partial charge in [-0.15, -0.1) is 0 Å². The number of ether oxygens (including phenoxy) is 2. The summed E-state index contributed by atoms with van der Waals surface area (Å²) in [6, 6.07) is 4.46. The van der Waals surface area contributed by atoms with Gasteiger partial charge in [-0.25, -0.2) is 0 Å². The van der Waals surface area contributed by atoms with Crippen molar-refractivity contribution in [1.82, 2.24) is 5.32 Å². The van der Waals surface area contributed by atoms with Crippen LogP contribution in [-0.4, -0.2) is 42.7 Å². The molecule has 1 aromatic rings. The van der Waals surface area contributed by atoms with E-state index in [9.17, 15) is 9.59 Å². The smallest absolute Gasteiger partial charge is 0.305 e. The van der Waals surface area contributed by atoms with E-state index in [-0.39, 0.29) is 17.6 Å². The zero-order valence-corrected chi connectivity index (χ0v) is 13.9. The maximum atomic E-state index is 12.0. The number of carboxylic acid groups (broad SMARTS) is 1. The molecular formula is C15H21NO5S. The van der Waals surface area contributed by atoms with Gasteiger partial charge in [-0.3, -0.25) is 9.59 Å². The van der Waals surface area contributed by atoms with Gasteiger partial charge in [-0.05, 0) is 30.9 Å². The Hall–Kier alpha value is -1.89. The van der Waals surface area contributed by atoms with Crippen LogP contribution in [0.2, 0.25) is 0 Å². The molecule has 7 heteroatoms. The molecule has 122 valence electrons. The first kappa shape index (κ1) is 18.2. The Labute approximate surface area is 134 Å². The third kappa shape index (κ3) is 4.84. The summed E-state index contributed by atoms with van der Waals surface area (Å²) in [6.45, 7) is 1.77. The molecule has 0 radical (unpaired) electrons. The minimum Gasteiger partial charge on any atom is -0.493 e. The number of carbonyl (C=O) groups is 2. The monoisotopic (exact) mass is 327 g/mol. The molecule has 0 saturated carbocycles. The first-order chi connectivity index (χ1) is 10.4. The standard InChI is InChI=1S/C15H21NO5S/c1-9(22-4)15(19)16-11(8-14(17)18)10-5-6-12(20-2)13(7-10)21-3/h5-7,9,11H,8H2,1-4H3,(H,16,19)(H,17,18). The van der Waals surface area contributed by atoms with Gasteiger partial charge in [0.05, 0.1) is 31.9 Å². The number of nitrogens with one attached hydrogen (secondary N) is 1. The molecule has 6 nitrogen and oxygen atoms in total. The molecule has 0 fully saturated rings. The van der Waals surface area contributed by atoms with E-state index >= 15 is 0 Å². The quantitative estimate of drug-likeness (QED) is 0.760. The molecule has 0 aliphatic heterocycles. The van der Waals surface area contributed by atoms with Crippen LogP contribution >= 0.6 is 11.8 Å². The predicted molar refractivity (Wildman–Crippen MR) is 85.7 cm³/mol. The predicted octanol–water partition coefficient (Wildman–Crippen LogP) is 2.09. The number of rotatable bonds is 8. The maximum Gasteiger partial charge on any atom is 0.305 e. The van der Waals surface area contributed by atoms with Gasteiger partial charge in [-0.2, -0.15) is 11.8 Å². The molecule has 0 aliphatic rings. The van der Waals surface area contributed by atoms with E-state index in [2.05, 4.69) is 5.32 Å². The number of carbonyl (C=O) groups excluding carboxylic acids is 1. The van der Waals surface area contributed by atoms with Crippen LogP contribution in [0.5, 0.6) is 11.5 Å². The highest BCUT2D eigenvalue weighted by Gasteiger charge is 2.22. The highest BCUT2D eigenvalue weighted by atomic mass is 32.2. The van der Waals surface area contributed by atoms with Crippen molar-refractivity contribution in [2.75, 3.05) is 20.5 Å². The van der Waals surface area contributed by atoms with Crippen molar-refractivity contribution < 1.29 is 24.2 Å². The summed E-state index contributed by atoms with van der Waals surface area (Å²) < 4.78 is 10.4. The average molecular weight is 327 g/mol. The van der Waals surface area contributed by atoms with Crippen molar-refractivity contribution in [3.63, 3.8) is 0 Å². The SMILES string of the molecule is COc1ccc(C(CC(=O)O)NC(=O)C(C)SC)cc1OC. The Morgan fingerprint density at radius 3 is 2.41 bits per heavy atom. The summed E-state index contributed by atoms with van der Waals surface area (Å²) in [5.41, 5.74) is 0.654. The highest BCUT2D eigenvalue weighted by Crippen LogP contribution is 2.31. The molecular weight excluding hydrogens is 306 g/mol. The van der Waals surface area contributed by atoms with Gasteiger partial charge in [-0.1, -0.05) is 6.07 Å². The van der Waals surface area contributed by atoms with E-state index in [1.807, 2.05) is 6.26 Å². The van der Waals surface area contributed by atoms with Gasteiger partial charge in [0.15, 0.2) is 11.5 Å². The molecule has 0 saturated heterocycles. The van der Waals surface area contributed by atoms with Crippen molar-refractivity contribution in [3.8, 4) is 11.5 Å². The van der Waals surface area contributed by atoms with Crippen molar-refractivity contribution in [2.45, 2.75) is 24.6 Å². The van der Waals surface area contributed by atoms with Gasteiger partial charge in [0.2, 0.25) is 5.91 Å². The number of carboxylic acids is 1. The van der Waals surface area contributed by atoms with Crippen LogP contribution in [0.1, 0.15) is 24.9 Å². The molecule has 0 aliphatic carbocycles. The van der Waals surface area contributed by atoms with Gasteiger partial charge < -0.3 is 19.9 Å². The third-order valence-corrected chi connectivity index (χ3v) is 4.15. The Morgan fingerprint density at radius 2 is 1.91 bits per heavy atom. The van der Waals surface area contributed by atoms with E-state index in [1.165, 1.54) is 26.0 Å². The molecule has 2 unspecified atom stereocenters. The minimum absolute atomic E-state index is 0.200. The van der Waals surface area contributed by atoms with E-state index < -0.39 is 12.0 Å². The zero-order chi connectivity index (χ0) is 16.7. The minimum atomic E-state index is -0.989. The van der Waals surface area contributed by atoms with Gasteiger partial charge in [0.25, 0.3) is 0 Å². The van der Waals surface area contributed by atoms with Gasteiger partial charge >= 0.3 is 5.97 Å². The molecule has 0 bridgehead atoms. The maximum absolute atomic E-state index is 12.0. The van der Waals surface area contributed by atoms with E-state index in [4.69, 9.17) is 14.6 Å². The lowest BCUT2D eigenvalue weighted by molar-refractivity contribution is -0.137.